The summed E-state index contributed by atoms with van der Waals surface area (Å²) in [5, 5.41) is 0. The second-order valence-electron chi connectivity index (χ2n) is 5.65. The van der Waals surface area contributed by atoms with Gasteiger partial charge in [0.25, 0.3) is 5.91 Å². The van der Waals surface area contributed by atoms with Crippen LogP contribution in [0.2, 0.25) is 0 Å². The van der Waals surface area contributed by atoms with Crippen molar-refractivity contribution in [3.63, 3.8) is 0 Å². The number of nitrogens with two attached hydrogens (primary N) is 1. The van der Waals surface area contributed by atoms with Crippen LogP contribution < -0.4 is 5.73 Å². The molecule has 128 valence electrons. The molecule has 2 unspecified atom stereocenters. The molecule has 2 saturated heterocycles. The molecule has 6 nitrogen and oxygen atoms in total. The van der Waals surface area contributed by atoms with Crippen molar-refractivity contribution in [1.82, 2.24) is 4.90 Å². The Bertz CT molecular complexity index is 350. The lowest BCUT2D eigenvalue weighted by molar-refractivity contribution is -0.155. The fraction of sp³-hybridized carbons (Fsp3) is 0.875. The summed E-state index contributed by atoms with van der Waals surface area (Å²) >= 11 is 0. The van der Waals surface area contributed by atoms with Gasteiger partial charge in [-0.15, -0.1) is 0 Å². The molecule has 0 aromatic rings. The van der Waals surface area contributed by atoms with E-state index in [-0.39, 0.29) is 6.10 Å². The van der Waals surface area contributed by atoms with Crippen molar-refractivity contribution in [2.24, 2.45) is 11.7 Å². The highest BCUT2D eigenvalue weighted by Crippen LogP contribution is 2.17. The Hall–Kier alpha value is -0.980. The summed E-state index contributed by atoms with van der Waals surface area (Å²) in [6.45, 7) is 9.19. The quantitative estimate of drug-likeness (QED) is 0.708. The first-order chi connectivity index (χ1) is 10.6. The van der Waals surface area contributed by atoms with Gasteiger partial charge in [-0.2, -0.15) is 0 Å². The van der Waals surface area contributed by atoms with Crippen LogP contribution in [0.4, 0.5) is 0 Å². The highest BCUT2D eigenvalue weighted by molar-refractivity contribution is 6.38. The van der Waals surface area contributed by atoms with E-state index in [2.05, 4.69) is 0 Å². The monoisotopic (exact) mass is 314 g/mol. The van der Waals surface area contributed by atoms with Crippen LogP contribution in [-0.4, -0.2) is 61.6 Å². The largest absolute Gasteiger partial charge is 0.381 e. The third kappa shape index (κ3) is 5.34. The maximum atomic E-state index is 11.9. The summed E-state index contributed by atoms with van der Waals surface area (Å²) in [5.74, 6) is -0.469. The average Bonchev–Trinajstić information content (AvgIpc) is 3.00. The van der Waals surface area contributed by atoms with Gasteiger partial charge in [0.05, 0.1) is 25.4 Å². The van der Waals surface area contributed by atoms with E-state index >= 15 is 0 Å². The van der Waals surface area contributed by atoms with Crippen molar-refractivity contribution in [3.8, 4) is 0 Å². The second-order valence-corrected chi connectivity index (χ2v) is 5.65. The first-order valence-electron chi connectivity index (χ1n) is 8.39. The number of Topliss-reactive ketones (excluding diaryl/α,β-unsaturated/α-hetero) is 1. The SMILES string of the molecule is CC.CCCC(N)C(=O)C(=O)N1CC(OCC2CCOC2)C1. The third-order valence-corrected chi connectivity index (χ3v) is 3.87. The molecule has 2 aliphatic rings. The molecule has 0 spiro atoms. The van der Waals surface area contributed by atoms with E-state index in [1.165, 1.54) is 4.90 Å². The summed E-state index contributed by atoms with van der Waals surface area (Å²) < 4.78 is 11.0. The molecule has 0 bridgehead atoms. The van der Waals surface area contributed by atoms with Crippen LogP contribution in [-0.2, 0) is 19.1 Å². The van der Waals surface area contributed by atoms with Crippen LogP contribution in [0.15, 0.2) is 0 Å². The van der Waals surface area contributed by atoms with Crippen molar-refractivity contribution in [3.05, 3.63) is 0 Å². The predicted octanol–water partition coefficient (Wildman–Crippen LogP) is 0.973. The highest BCUT2D eigenvalue weighted by atomic mass is 16.5. The number of carbonyl (C=O) groups is 2. The van der Waals surface area contributed by atoms with Crippen molar-refractivity contribution in [1.29, 1.82) is 0 Å². The summed E-state index contributed by atoms with van der Waals surface area (Å²) in [6, 6.07) is -0.664. The minimum Gasteiger partial charge on any atom is -0.381 e. The van der Waals surface area contributed by atoms with Crippen LogP contribution >= 0.6 is 0 Å². The molecule has 0 aromatic carbocycles. The van der Waals surface area contributed by atoms with Gasteiger partial charge < -0.3 is 20.1 Å². The third-order valence-electron chi connectivity index (χ3n) is 3.87. The fourth-order valence-corrected chi connectivity index (χ4v) is 2.45. The Morgan fingerprint density at radius 1 is 1.36 bits per heavy atom. The minimum absolute atomic E-state index is 0.0507. The molecule has 2 N–H and O–H groups in total. The Morgan fingerprint density at radius 3 is 2.59 bits per heavy atom. The van der Waals surface area contributed by atoms with Crippen molar-refractivity contribution < 1.29 is 19.1 Å². The van der Waals surface area contributed by atoms with Gasteiger partial charge >= 0.3 is 0 Å². The van der Waals surface area contributed by atoms with E-state index in [9.17, 15) is 9.59 Å². The number of hydrogen-bond donors (Lipinski definition) is 1. The maximum absolute atomic E-state index is 11.9. The van der Waals surface area contributed by atoms with E-state index in [1.54, 1.807) is 0 Å². The smallest absolute Gasteiger partial charge is 0.291 e. The molecule has 0 radical (unpaired) electrons. The minimum atomic E-state index is -0.664. The molecule has 2 heterocycles. The van der Waals surface area contributed by atoms with Crippen molar-refractivity contribution in [2.45, 2.75) is 52.2 Å². The Labute approximate surface area is 133 Å². The van der Waals surface area contributed by atoms with Gasteiger partial charge in [0, 0.05) is 25.6 Å². The number of nitrogens with zero attached hydrogens (tertiary/aromatic N) is 1. The standard InChI is InChI=1S/C14H24N2O4.C2H6/c1-2-3-12(15)13(17)14(18)16-6-11(7-16)20-9-10-4-5-19-8-10;1-2/h10-12H,2-9,15H2,1H3;1-2H3. The van der Waals surface area contributed by atoms with Crippen LogP contribution in [0.25, 0.3) is 0 Å². The van der Waals surface area contributed by atoms with Crippen molar-refractivity contribution >= 4 is 11.7 Å². The molecule has 0 saturated carbocycles. The zero-order valence-corrected chi connectivity index (χ0v) is 14.0. The van der Waals surface area contributed by atoms with Gasteiger partial charge in [-0.3, -0.25) is 9.59 Å². The van der Waals surface area contributed by atoms with Crippen LogP contribution in [0, 0.1) is 5.92 Å². The number of ether oxygens (including phenoxy) is 2. The van der Waals surface area contributed by atoms with Gasteiger partial charge in [0.2, 0.25) is 5.78 Å². The lowest BCUT2D eigenvalue weighted by Crippen LogP contribution is -2.58. The number of carbonyl (C=O) groups excluding carboxylic acids is 2. The molecule has 2 rings (SSSR count). The van der Waals surface area contributed by atoms with E-state index in [0.29, 0.717) is 32.0 Å². The van der Waals surface area contributed by atoms with E-state index < -0.39 is 17.7 Å². The zero-order chi connectivity index (χ0) is 16.5. The molecule has 2 aliphatic heterocycles. The summed E-state index contributed by atoms with van der Waals surface area (Å²) in [4.78, 5) is 25.2. The lowest BCUT2D eigenvalue weighted by atomic mass is 10.0. The Morgan fingerprint density at radius 2 is 2.05 bits per heavy atom. The van der Waals surface area contributed by atoms with Crippen LogP contribution in [0.5, 0.6) is 0 Å². The molecular formula is C16H30N2O4. The van der Waals surface area contributed by atoms with E-state index in [4.69, 9.17) is 15.2 Å². The predicted molar refractivity (Wildman–Crippen MR) is 84.5 cm³/mol. The fourth-order valence-electron chi connectivity index (χ4n) is 2.45. The first kappa shape index (κ1) is 19.1. The normalized spacial score (nSPS) is 22.5. The number of amides is 1. The molecule has 22 heavy (non-hydrogen) atoms. The van der Waals surface area contributed by atoms with Gasteiger partial charge in [0.1, 0.15) is 0 Å². The molecule has 2 atom stereocenters. The molecule has 1 amide bonds. The topological polar surface area (TPSA) is 81.9 Å². The number of ketones is 1. The van der Waals surface area contributed by atoms with E-state index in [0.717, 1.165) is 26.1 Å². The molecule has 2 fully saturated rings. The summed E-state index contributed by atoms with van der Waals surface area (Å²) in [7, 11) is 0. The number of hydrogen-bond acceptors (Lipinski definition) is 5. The summed E-state index contributed by atoms with van der Waals surface area (Å²) in [6.07, 6.45) is 2.45. The first-order valence-corrected chi connectivity index (χ1v) is 8.39. The molecule has 0 aromatic heterocycles. The zero-order valence-electron chi connectivity index (χ0n) is 14.0. The van der Waals surface area contributed by atoms with Crippen LogP contribution in [0.3, 0.4) is 0 Å². The number of rotatable bonds is 7. The maximum Gasteiger partial charge on any atom is 0.291 e. The number of likely N-dealkylation sites (tertiary alicyclic amines) is 1. The highest BCUT2D eigenvalue weighted by Gasteiger charge is 2.36. The molecule has 0 aliphatic carbocycles. The lowest BCUT2D eigenvalue weighted by Gasteiger charge is -2.39. The Balaban J connectivity index is 0.00000116. The van der Waals surface area contributed by atoms with Crippen LogP contribution in [0.1, 0.15) is 40.0 Å². The van der Waals surface area contributed by atoms with Gasteiger partial charge in [-0.05, 0) is 12.8 Å². The van der Waals surface area contributed by atoms with Crippen molar-refractivity contribution in [2.75, 3.05) is 32.9 Å². The summed E-state index contributed by atoms with van der Waals surface area (Å²) in [5.41, 5.74) is 5.68. The molecule has 6 heteroatoms. The second kappa shape index (κ2) is 9.92. The Kier molecular flexibility index (Phi) is 8.60. The van der Waals surface area contributed by atoms with E-state index in [1.807, 2.05) is 20.8 Å². The van der Waals surface area contributed by atoms with Gasteiger partial charge in [-0.25, -0.2) is 0 Å². The average molecular weight is 314 g/mol. The van der Waals surface area contributed by atoms with Gasteiger partial charge in [0.15, 0.2) is 0 Å². The van der Waals surface area contributed by atoms with Gasteiger partial charge in [-0.1, -0.05) is 27.2 Å². The molecular weight excluding hydrogens is 284 g/mol.